The van der Waals surface area contributed by atoms with E-state index < -0.39 is 0 Å². The molecular formula is C23H31N3OS. The number of carbonyl (C=O) groups excluding carboxylic acids is 1. The minimum atomic E-state index is -0.147. The Hall–Kier alpha value is -1.98. The van der Waals surface area contributed by atoms with Crippen molar-refractivity contribution in [3.63, 3.8) is 0 Å². The van der Waals surface area contributed by atoms with Crippen LogP contribution in [-0.2, 0) is 12.8 Å². The molecule has 0 saturated carbocycles. The van der Waals surface area contributed by atoms with Crippen molar-refractivity contribution in [2.45, 2.75) is 44.3 Å². The number of hydrogen-bond acceptors (Lipinski definition) is 3. The van der Waals surface area contributed by atoms with Gasteiger partial charge in [-0.25, -0.2) is 4.79 Å². The first-order valence-electron chi connectivity index (χ1n) is 10.2. The van der Waals surface area contributed by atoms with Gasteiger partial charge >= 0.3 is 6.03 Å². The van der Waals surface area contributed by atoms with Crippen molar-refractivity contribution in [2.24, 2.45) is 0 Å². The fourth-order valence-electron chi connectivity index (χ4n) is 4.06. The average molecular weight is 398 g/mol. The Morgan fingerprint density at radius 1 is 1.29 bits per heavy atom. The quantitative estimate of drug-likeness (QED) is 0.492. The number of anilines is 1. The highest BCUT2D eigenvalue weighted by atomic mass is 32.2. The number of carbonyl (C=O) groups is 1. The first-order chi connectivity index (χ1) is 13.7. The number of hydrogen-bond donors (Lipinski definition) is 2. The first-order valence-corrected chi connectivity index (χ1v) is 11.1. The fourth-order valence-corrected chi connectivity index (χ4v) is 4.83. The van der Waals surface area contributed by atoms with E-state index in [0.29, 0.717) is 5.25 Å². The van der Waals surface area contributed by atoms with Crippen molar-refractivity contribution in [3.8, 4) is 0 Å². The molecule has 1 aromatic rings. The van der Waals surface area contributed by atoms with Crippen LogP contribution in [0.5, 0.6) is 0 Å². The van der Waals surface area contributed by atoms with E-state index >= 15 is 0 Å². The standard InChI is InChI=1S/C23H31N3OS/c1-4-8-17(5-2)21-12-11-18-9-7-10-20(18)22(21)24-23(27)25-28-19-13-15-26(6-3)16-14-19/h4-5,8,11-12,19H,1-2,6-7,9-10,13-16H2,3H3,(H2,24,25,27)/b17-8+. The Morgan fingerprint density at radius 3 is 2.75 bits per heavy atom. The molecule has 4 nitrogen and oxygen atoms in total. The number of amides is 2. The molecule has 1 aliphatic heterocycles. The van der Waals surface area contributed by atoms with Gasteiger partial charge in [-0.3, -0.25) is 4.72 Å². The van der Waals surface area contributed by atoms with Crippen LogP contribution in [0.1, 0.15) is 42.9 Å². The summed E-state index contributed by atoms with van der Waals surface area (Å²) in [5, 5.41) is 3.62. The molecule has 1 aromatic carbocycles. The van der Waals surface area contributed by atoms with Crippen LogP contribution in [0.2, 0.25) is 0 Å². The number of urea groups is 1. The van der Waals surface area contributed by atoms with Gasteiger partial charge in [0.1, 0.15) is 0 Å². The molecule has 0 spiro atoms. The highest BCUT2D eigenvalue weighted by molar-refractivity contribution is 7.98. The molecule has 0 bridgehead atoms. The van der Waals surface area contributed by atoms with Gasteiger partial charge in [-0.1, -0.05) is 50.4 Å². The van der Waals surface area contributed by atoms with Crippen molar-refractivity contribution >= 4 is 29.2 Å². The van der Waals surface area contributed by atoms with Crippen LogP contribution in [0.15, 0.2) is 43.5 Å². The Labute approximate surface area is 173 Å². The molecule has 1 saturated heterocycles. The number of allylic oxidation sites excluding steroid dienone is 4. The molecule has 3 rings (SSSR count). The van der Waals surface area contributed by atoms with Gasteiger partial charge in [-0.2, -0.15) is 0 Å². The van der Waals surface area contributed by atoms with E-state index in [0.717, 1.165) is 68.6 Å². The minimum Gasteiger partial charge on any atom is -0.306 e. The number of aryl methyl sites for hydroxylation is 1. The summed E-state index contributed by atoms with van der Waals surface area (Å²) < 4.78 is 3.02. The summed E-state index contributed by atoms with van der Waals surface area (Å²) in [7, 11) is 0. The summed E-state index contributed by atoms with van der Waals surface area (Å²) in [6.07, 6.45) is 11.0. The maximum absolute atomic E-state index is 12.7. The summed E-state index contributed by atoms with van der Waals surface area (Å²) >= 11 is 1.56. The Kier molecular flexibility index (Phi) is 7.40. The van der Waals surface area contributed by atoms with Crippen LogP contribution in [-0.4, -0.2) is 35.8 Å². The zero-order valence-corrected chi connectivity index (χ0v) is 17.6. The smallest absolute Gasteiger partial charge is 0.306 e. The van der Waals surface area contributed by atoms with E-state index in [1.165, 1.54) is 11.1 Å². The molecule has 5 heteroatoms. The summed E-state index contributed by atoms with van der Waals surface area (Å²) in [4.78, 5) is 15.1. The monoisotopic (exact) mass is 397 g/mol. The summed E-state index contributed by atoms with van der Waals surface area (Å²) in [6, 6.07) is 4.12. The molecule has 0 atom stereocenters. The number of rotatable bonds is 7. The van der Waals surface area contributed by atoms with Crippen molar-refractivity contribution in [3.05, 3.63) is 60.2 Å². The lowest BCUT2D eigenvalue weighted by Gasteiger charge is -2.30. The van der Waals surface area contributed by atoms with Crippen molar-refractivity contribution < 1.29 is 4.79 Å². The van der Waals surface area contributed by atoms with Gasteiger partial charge in [0.15, 0.2) is 0 Å². The lowest BCUT2D eigenvalue weighted by Crippen LogP contribution is -2.36. The zero-order chi connectivity index (χ0) is 19.9. The highest BCUT2D eigenvalue weighted by Crippen LogP contribution is 2.36. The van der Waals surface area contributed by atoms with Gasteiger partial charge in [-0.15, -0.1) is 0 Å². The Morgan fingerprint density at radius 2 is 2.07 bits per heavy atom. The van der Waals surface area contributed by atoms with E-state index in [2.05, 4.69) is 47.2 Å². The molecule has 150 valence electrons. The van der Waals surface area contributed by atoms with E-state index in [-0.39, 0.29) is 6.03 Å². The largest absolute Gasteiger partial charge is 0.329 e. The summed E-state index contributed by atoms with van der Waals surface area (Å²) in [5.41, 5.74) is 5.49. The number of nitrogens with one attached hydrogen (secondary N) is 2. The summed E-state index contributed by atoms with van der Waals surface area (Å²) in [5.74, 6) is 0. The second-order valence-corrected chi connectivity index (χ2v) is 8.46. The lowest BCUT2D eigenvalue weighted by molar-refractivity contribution is 0.243. The maximum Gasteiger partial charge on any atom is 0.329 e. The van der Waals surface area contributed by atoms with Gasteiger partial charge in [0.05, 0.1) is 5.69 Å². The molecule has 1 aliphatic carbocycles. The third-order valence-electron chi connectivity index (χ3n) is 5.65. The Balaban J connectivity index is 1.70. The number of piperidine rings is 1. The van der Waals surface area contributed by atoms with Crippen molar-refractivity contribution in [1.82, 2.24) is 9.62 Å². The summed E-state index contributed by atoms with van der Waals surface area (Å²) in [6.45, 7) is 13.3. The molecule has 2 N–H and O–H groups in total. The predicted octanol–water partition coefficient (Wildman–Crippen LogP) is 5.18. The van der Waals surface area contributed by atoms with Gasteiger partial charge in [0.25, 0.3) is 0 Å². The fraction of sp³-hybridized carbons (Fsp3) is 0.435. The normalized spacial score (nSPS) is 17.8. The van der Waals surface area contributed by atoms with Crippen LogP contribution in [0, 0.1) is 0 Å². The maximum atomic E-state index is 12.7. The SMILES string of the molecule is C=C/C=C(\C=C)c1ccc2c(c1NC(=O)NSC1CCN(CC)CC1)CCC2. The molecule has 0 radical (unpaired) electrons. The van der Waals surface area contributed by atoms with Gasteiger partial charge in [0, 0.05) is 10.8 Å². The zero-order valence-electron chi connectivity index (χ0n) is 16.8. The minimum absolute atomic E-state index is 0.147. The predicted molar refractivity (Wildman–Crippen MR) is 122 cm³/mol. The molecule has 0 aromatic heterocycles. The topological polar surface area (TPSA) is 44.4 Å². The van der Waals surface area contributed by atoms with Gasteiger partial charge in [-0.05, 0) is 80.4 Å². The molecule has 0 unspecified atom stereocenters. The molecule has 1 fully saturated rings. The van der Waals surface area contributed by atoms with Crippen LogP contribution in [0.25, 0.3) is 5.57 Å². The van der Waals surface area contributed by atoms with Crippen molar-refractivity contribution in [2.75, 3.05) is 25.0 Å². The molecule has 2 aliphatic rings. The molecule has 28 heavy (non-hydrogen) atoms. The van der Waals surface area contributed by atoms with Crippen molar-refractivity contribution in [1.29, 1.82) is 0 Å². The van der Waals surface area contributed by atoms with Crippen LogP contribution in [0.4, 0.5) is 10.5 Å². The molecule has 2 amide bonds. The first kappa shape index (κ1) is 20.7. The average Bonchev–Trinajstić information content (AvgIpc) is 3.20. The van der Waals surface area contributed by atoms with Gasteiger partial charge in [0.2, 0.25) is 0 Å². The van der Waals surface area contributed by atoms with Crippen LogP contribution < -0.4 is 10.0 Å². The molecular weight excluding hydrogens is 366 g/mol. The molecule has 1 heterocycles. The number of fused-ring (bicyclic) bond motifs is 1. The van der Waals surface area contributed by atoms with E-state index in [1.807, 2.05) is 12.2 Å². The van der Waals surface area contributed by atoms with Gasteiger partial charge < -0.3 is 10.2 Å². The second kappa shape index (κ2) is 9.99. The lowest BCUT2D eigenvalue weighted by atomic mass is 9.97. The van der Waals surface area contributed by atoms with E-state index in [9.17, 15) is 4.79 Å². The van der Waals surface area contributed by atoms with E-state index in [4.69, 9.17) is 0 Å². The second-order valence-electron chi connectivity index (χ2n) is 7.35. The highest BCUT2D eigenvalue weighted by Gasteiger charge is 2.22. The number of likely N-dealkylation sites (tertiary alicyclic amines) is 1. The third kappa shape index (κ3) is 4.89. The van der Waals surface area contributed by atoms with E-state index in [1.54, 1.807) is 18.0 Å². The Bertz CT molecular complexity index is 763. The third-order valence-corrected chi connectivity index (χ3v) is 6.76. The number of benzene rings is 1. The van der Waals surface area contributed by atoms with Crippen LogP contribution >= 0.6 is 11.9 Å². The van der Waals surface area contributed by atoms with Crippen LogP contribution in [0.3, 0.4) is 0 Å². The number of nitrogens with zero attached hydrogens (tertiary/aromatic N) is 1.